The van der Waals surface area contributed by atoms with Crippen LogP contribution in [0.25, 0.3) is 17.0 Å². The third-order valence-electron chi connectivity index (χ3n) is 5.04. The number of piperidine rings is 1. The van der Waals surface area contributed by atoms with E-state index in [0.717, 1.165) is 29.7 Å². The van der Waals surface area contributed by atoms with Crippen LogP contribution < -0.4 is 5.73 Å². The third kappa shape index (κ3) is 4.74. The van der Waals surface area contributed by atoms with E-state index in [1.165, 1.54) is 18.2 Å². The maximum absolute atomic E-state index is 13.3. The van der Waals surface area contributed by atoms with Crippen molar-refractivity contribution in [1.29, 1.82) is 0 Å². The number of rotatable bonds is 5. The number of carbonyl (C=O) groups is 1. The van der Waals surface area contributed by atoms with Gasteiger partial charge in [0.05, 0.1) is 11.4 Å². The SMILES string of the molecule is C=CC(=O)N1CCC(c2nnc(-c3ccc(F)cc3)cc2/C(N)=C/C=NC)CC1. The molecule has 0 spiro atoms. The van der Waals surface area contributed by atoms with E-state index in [9.17, 15) is 9.18 Å². The first-order valence-electron chi connectivity index (χ1n) is 9.46. The van der Waals surface area contributed by atoms with Gasteiger partial charge >= 0.3 is 0 Å². The first-order chi connectivity index (χ1) is 14.0. The monoisotopic (exact) mass is 393 g/mol. The van der Waals surface area contributed by atoms with Gasteiger partial charge in [-0.15, -0.1) is 0 Å². The van der Waals surface area contributed by atoms with Crippen LogP contribution in [0.2, 0.25) is 0 Å². The third-order valence-corrected chi connectivity index (χ3v) is 5.04. The molecule has 0 saturated carbocycles. The first-order valence-corrected chi connectivity index (χ1v) is 9.46. The Hall–Kier alpha value is -3.35. The molecule has 1 aromatic heterocycles. The highest BCUT2D eigenvalue weighted by Gasteiger charge is 2.26. The number of hydrogen-bond donors (Lipinski definition) is 1. The number of nitrogens with two attached hydrogens (primary N) is 1. The van der Waals surface area contributed by atoms with Crippen molar-refractivity contribution in [2.24, 2.45) is 10.7 Å². The lowest BCUT2D eigenvalue weighted by Crippen LogP contribution is -2.37. The second kappa shape index (κ2) is 9.23. The summed E-state index contributed by atoms with van der Waals surface area (Å²) in [5, 5.41) is 8.85. The van der Waals surface area contributed by atoms with Gasteiger partial charge in [-0.3, -0.25) is 9.79 Å². The summed E-state index contributed by atoms with van der Waals surface area (Å²) in [4.78, 5) is 17.6. The Morgan fingerprint density at radius 1 is 1.28 bits per heavy atom. The first kappa shape index (κ1) is 20.4. The van der Waals surface area contributed by atoms with Gasteiger partial charge in [0.1, 0.15) is 5.82 Å². The molecular weight excluding hydrogens is 369 g/mol. The minimum absolute atomic E-state index is 0.0556. The van der Waals surface area contributed by atoms with Crippen LogP contribution in [0.1, 0.15) is 30.0 Å². The zero-order valence-corrected chi connectivity index (χ0v) is 16.4. The van der Waals surface area contributed by atoms with Gasteiger partial charge in [-0.2, -0.15) is 10.2 Å². The van der Waals surface area contributed by atoms with Crippen molar-refractivity contribution < 1.29 is 9.18 Å². The number of aliphatic imine (C=N–C) groups is 1. The number of likely N-dealkylation sites (tertiary alicyclic amines) is 1. The highest BCUT2D eigenvalue weighted by molar-refractivity contribution is 5.87. The zero-order valence-electron chi connectivity index (χ0n) is 16.4. The van der Waals surface area contributed by atoms with Crippen LogP contribution in [0.3, 0.4) is 0 Å². The number of allylic oxidation sites excluding steroid dienone is 1. The number of hydrogen-bond acceptors (Lipinski definition) is 5. The summed E-state index contributed by atoms with van der Waals surface area (Å²) < 4.78 is 13.3. The number of benzene rings is 1. The van der Waals surface area contributed by atoms with Crippen LogP contribution in [0.4, 0.5) is 4.39 Å². The quantitative estimate of drug-likeness (QED) is 0.625. The van der Waals surface area contributed by atoms with Crippen molar-refractivity contribution in [3.8, 4) is 11.3 Å². The van der Waals surface area contributed by atoms with Crippen molar-refractivity contribution in [3.05, 3.63) is 66.1 Å². The standard InChI is InChI=1S/C22H24FN5O/c1-3-21(29)28-12-9-16(10-13-28)22-18(19(24)8-11-25-2)14-20(26-27-22)15-4-6-17(23)7-5-15/h3-8,11,14,16H,1,9-10,12-13,24H2,2H3/b19-8-,25-11?. The second-order valence-corrected chi connectivity index (χ2v) is 6.87. The lowest BCUT2D eigenvalue weighted by molar-refractivity contribution is -0.127. The molecular formula is C22H24FN5O. The predicted octanol–water partition coefficient (Wildman–Crippen LogP) is 3.17. The lowest BCUT2D eigenvalue weighted by atomic mass is 9.89. The van der Waals surface area contributed by atoms with E-state index < -0.39 is 0 Å². The van der Waals surface area contributed by atoms with Crippen LogP contribution in [0.5, 0.6) is 0 Å². The van der Waals surface area contributed by atoms with Crippen LogP contribution in [-0.2, 0) is 4.79 Å². The topological polar surface area (TPSA) is 84.5 Å². The molecule has 2 N–H and O–H groups in total. The fraction of sp³-hybridized carbons (Fsp3) is 0.273. The molecule has 1 saturated heterocycles. The summed E-state index contributed by atoms with van der Waals surface area (Å²) >= 11 is 0. The average Bonchev–Trinajstić information content (AvgIpc) is 2.77. The Bertz CT molecular complexity index is 944. The maximum atomic E-state index is 13.3. The molecule has 0 atom stereocenters. The molecule has 1 fully saturated rings. The molecule has 6 nitrogen and oxygen atoms in total. The molecule has 7 heteroatoms. The Kier molecular flexibility index (Phi) is 6.49. The van der Waals surface area contributed by atoms with Gasteiger partial charge < -0.3 is 10.6 Å². The smallest absolute Gasteiger partial charge is 0.245 e. The van der Waals surface area contributed by atoms with Crippen molar-refractivity contribution in [1.82, 2.24) is 15.1 Å². The van der Waals surface area contributed by atoms with Gasteiger partial charge in [0.25, 0.3) is 0 Å². The predicted molar refractivity (Wildman–Crippen MR) is 113 cm³/mol. The fourth-order valence-corrected chi connectivity index (χ4v) is 3.44. The summed E-state index contributed by atoms with van der Waals surface area (Å²) in [7, 11) is 1.67. The van der Waals surface area contributed by atoms with Gasteiger partial charge in [-0.25, -0.2) is 4.39 Å². The van der Waals surface area contributed by atoms with Gasteiger partial charge in [-0.05, 0) is 55.3 Å². The van der Waals surface area contributed by atoms with E-state index in [4.69, 9.17) is 5.73 Å². The molecule has 2 aromatic rings. The summed E-state index contributed by atoms with van der Waals surface area (Å²) in [6.07, 6.45) is 6.24. The minimum atomic E-state index is -0.307. The Morgan fingerprint density at radius 2 is 1.97 bits per heavy atom. The van der Waals surface area contributed by atoms with Crippen LogP contribution >= 0.6 is 0 Å². The lowest BCUT2D eigenvalue weighted by Gasteiger charge is -2.31. The van der Waals surface area contributed by atoms with E-state index in [2.05, 4.69) is 21.8 Å². The van der Waals surface area contributed by atoms with Crippen molar-refractivity contribution >= 4 is 17.8 Å². The van der Waals surface area contributed by atoms with Gasteiger partial charge in [0.15, 0.2) is 0 Å². The van der Waals surface area contributed by atoms with Crippen LogP contribution in [-0.4, -0.2) is 47.4 Å². The van der Waals surface area contributed by atoms with Gasteiger partial charge in [0, 0.05) is 49.1 Å². The molecule has 0 aliphatic carbocycles. The van der Waals surface area contributed by atoms with Crippen molar-refractivity contribution in [2.45, 2.75) is 18.8 Å². The molecule has 1 aliphatic heterocycles. The van der Waals surface area contributed by atoms with E-state index in [1.54, 1.807) is 36.4 Å². The highest BCUT2D eigenvalue weighted by atomic mass is 19.1. The number of halogens is 1. The molecule has 2 heterocycles. The van der Waals surface area contributed by atoms with E-state index in [0.29, 0.717) is 24.5 Å². The van der Waals surface area contributed by atoms with Crippen LogP contribution in [0.15, 0.2) is 54.1 Å². The minimum Gasteiger partial charge on any atom is -0.398 e. The molecule has 0 unspecified atom stereocenters. The number of carbonyl (C=O) groups excluding carboxylic acids is 1. The number of nitrogens with zero attached hydrogens (tertiary/aromatic N) is 4. The fourth-order valence-electron chi connectivity index (χ4n) is 3.44. The molecule has 1 aliphatic rings. The number of amides is 1. The van der Waals surface area contributed by atoms with Crippen molar-refractivity contribution in [3.63, 3.8) is 0 Å². The maximum Gasteiger partial charge on any atom is 0.245 e. The summed E-state index contributed by atoms with van der Waals surface area (Å²) in [6, 6.07) is 7.98. The largest absolute Gasteiger partial charge is 0.398 e. The average molecular weight is 393 g/mol. The van der Waals surface area contributed by atoms with Crippen molar-refractivity contribution in [2.75, 3.05) is 20.1 Å². The Balaban J connectivity index is 1.95. The molecule has 3 rings (SSSR count). The zero-order chi connectivity index (χ0) is 20.8. The highest BCUT2D eigenvalue weighted by Crippen LogP contribution is 2.32. The molecule has 150 valence electrons. The molecule has 29 heavy (non-hydrogen) atoms. The summed E-state index contributed by atoms with van der Waals surface area (Å²) in [5.41, 5.74) is 9.82. The van der Waals surface area contributed by atoms with Gasteiger partial charge in [0.2, 0.25) is 5.91 Å². The number of aromatic nitrogens is 2. The van der Waals surface area contributed by atoms with E-state index in [-0.39, 0.29) is 17.6 Å². The molecule has 0 radical (unpaired) electrons. The Labute approximate surface area is 169 Å². The van der Waals surface area contributed by atoms with Gasteiger partial charge in [-0.1, -0.05) is 6.58 Å². The molecule has 1 aromatic carbocycles. The summed E-state index contributed by atoms with van der Waals surface area (Å²) in [5.74, 6) is -0.225. The molecule has 0 bridgehead atoms. The van der Waals surface area contributed by atoms with Crippen LogP contribution in [0, 0.1) is 5.82 Å². The second-order valence-electron chi connectivity index (χ2n) is 6.87. The summed E-state index contributed by atoms with van der Waals surface area (Å²) in [6.45, 7) is 4.82. The van der Waals surface area contributed by atoms with E-state index in [1.807, 2.05) is 6.07 Å². The normalized spacial score (nSPS) is 15.7. The Morgan fingerprint density at radius 3 is 2.59 bits per heavy atom. The molecule has 1 amide bonds. The van der Waals surface area contributed by atoms with E-state index >= 15 is 0 Å².